The zero-order valence-electron chi connectivity index (χ0n) is 13.4. The fourth-order valence-corrected chi connectivity index (χ4v) is 3.31. The van der Waals surface area contributed by atoms with Crippen LogP contribution in [0.2, 0.25) is 0 Å². The van der Waals surface area contributed by atoms with Gasteiger partial charge in [0, 0.05) is 44.8 Å². The molecular weight excluding hydrogens is 252 g/mol. The number of methoxy groups -OCH3 is 1. The van der Waals surface area contributed by atoms with E-state index in [0.717, 1.165) is 45.4 Å². The van der Waals surface area contributed by atoms with E-state index in [9.17, 15) is 0 Å². The third kappa shape index (κ3) is 4.69. The molecule has 1 aliphatic heterocycles. The van der Waals surface area contributed by atoms with Crippen LogP contribution in [0.5, 0.6) is 0 Å². The lowest BCUT2D eigenvalue weighted by atomic mass is 9.97. The van der Waals surface area contributed by atoms with Crippen molar-refractivity contribution in [3.8, 4) is 0 Å². The van der Waals surface area contributed by atoms with Gasteiger partial charge in [0.2, 0.25) is 0 Å². The third-order valence-electron chi connectivity index (χ3n) is 4.89. The Morgan fingerprint density at radius 2 is 2.10 bits per heavy atom. The zero-order chi connectivity index (χ0) is 14.4. The minimum absolute atomic E-state index is 0.556. The van der Waals surface area contributed by atoms with E-state index < -0.39 is 0 Å². The highest BCUT2D eigenvalue weighted by atomic mass is 16.5. The summed E-state index contributed by atoms with van der Waals surface area (Å²) in [6.07, 6.45) is 4.01. The van der Waals surface area contributed by atoms with Crippen LogP contribution >= 0.6 is 0 Å². The molecule has 1 saturated heterocycles. The quantitative estimate of drug-likeness (QED) is 0.663. The number of ether oxygens (including phenoxy) is 2. The molecule has 2 rings (SSSR count). The summed E-state index contributed by atoms with van der Waals surface area (Å²) >= 11 is 0. The van der Waals surface area contributed by atoms with E-state index in [4.69, 9.17) is 9.47 Å². The van der Waals surface area contributed by atoms with Gasteiger partial charge >= 0.3 is 0 Å². The summed E-state index contributed by atoms with van der Waals surface area (Å²) in [5.74, 6) is 1.58. The van der Waals surface area contributed by atoms with Crippen LogP contribution in [-0.2, 0) is 9.47 Å². The number of likely N-dealkylation sites (N-methyl/N-ethyl adjacent to an activating group) is 1. The van der Waals surface area contributed by atoms with Crippen molar-refractivity contribution in [3.63, 3.8) is 0 Å². The molecular formula is C16H32N2O2. The minimum atomic E-state index is 0.556. The molecule has 4 heteroatoms. The number of hydrogen-bond donors (Lipinski definition) is 1. The Morgan fingerprint density at radius 3 is 2.65 bits per heavy atom. The van der Waals surface area contributed by atoms with E-state index in [0.29, 0.717) is 18.0 Å². The molecule has 0 spiro atoms. The summed E-state index contributed by atoms with van der Waals surface area (Å²) in [7, 11) is 1.80. The molecule has 2 aliphatic rings. The van der Waals surface area contributed by atoms with E-state index in [1.807, 2.05) is 0 Å². The van der Waals surface area contributed by atoms with Gasteiger partial charge in [0.25, 0.3) is 0 Å². The van der Waals surface area contributed by atoms with E-state index in [1.54, 1.807) is 7.11 Å². The molecule has 4 nitrogen and oxygen atoms in total. The Bertz CT molecular complexity index is 265. The summed E-state index contributed by atoms with van der Waals surface area (Å²) in [5, 5.41) is 3.68. The summed E-state index contributed by atoms with van der Waals surface area (Å²) in [4.78, 5) is 2.63. The monoisotopic (exact) mass is 284 g/mol. The molecule has 0 aromatic heterocycles. The van der Waals surface area contributed by atoms with Crippen LogP contribution in [0.1, 0.15) is 33.1 Å². The zero-order valence-corrected chi connectivity index (χ0v) is 13.4. The van der Waals surface area contributed by atoms with E-state index >= 15 is 0 Å². The van der Waals surface area contributed by atoms with Crippen LogP contribution in [0.15, 0.2) is 0 Å². The molecule has 1 saturated carbocycles. The second-order valence-corrected chi connectivity index (χ2v) is 6.35. The maximum absolute atomic E-state index is 5.58. The molecule has 0 aromatic rings. The molecule has 2 fully saturated rings. The summed E-state index contributed by atoms with van der Waals surface area (Å²) in [5.41, 5.74) is 0. The van der Waals surface area contributed by atoms with Gasteiger partial charge in [-0.15, -0.1) is 0 Å². The first-order valence-corrected chi connectivity index (χ1v) is 8.30. The van der Waals surface area contributed by atoms with Gasteiger partial charge in [-0.3, -0.25) is 4.90 Å². The largest absolute Gasteiger partial charge is 0.383 e. The second-order valence-electron chi connectivity index (χ2n) is 6.35. The minimum Gasteiger partial charge on any atom is -0.383 e. The standard InChI is InChI=1S/C16H32N2O2/c1-4-17-16(15-7-9-20-12-15)11-18(8-10-19-3)13(2)14-5-6-14/h13-17H,4-12H2,1-3H3. The number of rotatable bonds is 10. The van der Waals surface area contributed by atoms with E-state index in [1.165, 1.54) is 19.3 Å². The molecule has 20 heavy (non-hydrogen) atoms. The average molecular weight is 284 g/mol. The number of nitrogens with one attached hydrogen (secondary N) is 1. The number of nitrogens with zero attached hydrogens (tertiary/aromatic N) is 1. The molecule has 1 heterocycles. The highest BCUT2D eigenvalue weighted by molar-refractivity contribution is 4.89. The predicted octanol–water partition coefficient (Wildman–Crippen LogP) is 1.75. The predicted molar refractivity (Wildman–Crippen MR) is 82.0 cm³/mol. The van der Waals surface area contributed by atoms with Crippen molar-refractivity contribution in [3.05, 3.63) is 0 Å². The fraction of sp³-hybridized carbons (Fsp3) is 1.00. The van der Waals surface area contributed by atoms with Crippen LogP contribution in [0.3, 0.4) is 0 Å². The van der Waals surface area contributed by atoms with Gasteiger partial charge in [-0.2, -0.15) is 0 Å². The van der Waals surface area contributed by atoms with Crippen LogP contribution < -0.4 is 5.32 Å². The Morgan fingerprint density at radius 1 is 1.30 bits per heavy atom. The summed E-state index contributed by atoms with van der Waals surface area (Å²) < 4.78 is 10.9. The van der Waals surface area contributed by atoms with Crippen LogP contribution in [0.25, 0.3) is 0 Å². The first-order valence-electron chi connectivity index (χ1n) is 8.30. The Hall–Kier alpha value is -0.160. The molecule has 0 aromatic carbocycles. The highest BCUT2D eigenvalue weighted by Crippen LogP contribution is 2.35. The fourth-order valence-electron chi connectivity index (χ4n) is 3.31. The molecule has 1 N–H and O–H groups in total. The first kappa shape index (κ1) is 16.2. The van der Waals surface area contributed by atoms with Gasteiger partial charge in [-0.05, 0) is 38.6 Å². The lowest BCUT2D eigenvalue weighted by Crippen LogP contribution is -2.49. The van der Waals surface area contributed by atoms with Gasteiger partial charge in [0.15, 0.2) is 0 Å². The molecule has 0 bridgehead atoms. The maximum Gasteiger partial charge on any atom is 0.0589 e. The highest BCUT2D eigenvalue weighted by Gasteiger charge is 2.34. The lowest BCUT2D eigenvalue weighted by Gasteiger charge is -2.35. The molecule has 0 radical (unpaired) electrons. The van der Waals surface area contributed by atoms with E-state index in [-0.39, 0.29) is 0 Å². The normalized spacial score (nSPS) is 26.1. The number of hydrogen-bond acceptors (Lipinski definition) is 4. The Balaban J connectivity index is 1.90. The van der Waals surface area contributed by atoms with Crippen LogP contribution in [0, 0.1) is 11.8 Å². The van der Waals surface area contributed by atoms with Crippen molar-refractivity contribution in [2.24, 2.45) is 11.8 Å². The van der Waals surface area contributed by atoms with E-state index in [2.05, 4.69) is 24.1 Å². The van der Waals surface area contributed by atoms with Crippen molar-refractivity contribution >= 4 is 0 Å². The van der Waals surface area contributed by atoms with Gasteiger partial charge < -0.3 is 14.8 Å². The lowest BCUT2D eigenvalue weighted by molar-refractivity contribution is 0.0964. The second kappa shape index (κ2) is 8.32. The van der Waals surface area contributed by atoms with Crippen LogP contribution in [0.4, 0.5) is 0 Å². The third-order valence-corrected chi connectivity index (χ3v) is 4.89. The summed E-state index contributed by atoms with van der Waals surface area (Å²) in [6.45, 7) is 10.5. The van der Waals surface area contributed by atoms with Crippen molar-refractivity contribution in [1.29, 1.82) is 0 Å². The summed E-state index contributed by atoms with van der Waals surface area (Å²) in [6, 6.07) is 1.24. The Labute approximate surface area is 124 Å². The molecule has 1 aliphatic carbocycles. The van der Waals surface area contributed by atoms with Gasteiger partial charge in [0.05, 0.1) is 13.2 Å². The van der Waals surface area contributed by atoms with Gasteiger partial charge in [-0.1, -0.05) is 6.92 Å². The van der Waals surface area contributed by atoms with Crippen molar-refractivity contribution < 1.29 is 9.47 Å². The van der Waals surface area contributed by atoms with Crippen molar-refractivity contribution in [2.75, 3.05) is 46.6 Å². The van der Waals surface area contributed by atoms with Gasteiger partial charge in [0.1, 0.15) is 0 Å². The van der Waals surface area contributed by atoms with Crippen molar-refractivity contribution in [2.45, 2.75) is 45.2 Å². The van der Waals surface area contributed by atoms with Crippen molar-refractivity contribution in [1.82, 2.24) is 10.2 Å². The molecule has 3 atom stereocenters. The SMILES string of the molecule is CCNC(CN(CCOC)C(C)C1CC1)C1CCOC1. The van der Waals surface area contributed by atoms with Gasteiger partial charge in [-0.25, -0.2) is 0 Å². The molecule has 118 valence electrons. The molecule has 0 amide bonds. The maximum atomic E-state index is 5.58. The topological polar surface area (TPSA) is 33.7 Å². The smallest absolute Gasteiger partial charge is 0.0589 e. The first-order chi connectivity index (χ1) is 9.76. The Kier molecular flexibility index (Phi) is 6.75. The van der Waals surface area contributed by atoms with Crippen LogP contribution in [-0.4, -0.2) is 63.5 Å². The molecule has 3 unspecified atom stereocenters. The average Bonchev–Trinajstić information content (AvgIpc) is 3.16.